The zero-order valence-corrected chi connectivity index (χ0v) is 14.7. The van der Waals surface area contributed by atoms with Crippen LogP contribution in [0, 0.1) is 5.92 Å². The second kappa shape index (κ2) is 9.39. The monoisotopic (exact) mass is 342 g/mol. The highest BCUT2D eigenvalue weighted by atomic mass is 16.5. The number of hydrogen-bond acceptors (Lipinski definition) is 5. The standard InChI is InChI=1S/C20H26N2O3/c1-23-19-7-6-16(11-22-13-17-5-3-9-24-14-17)10-20(19)25-15-18-4-2-8-21-12-18/h2,4,6-8,10,12,17,22H,3,5,9,11,13-15H2,1H3. The number of ether oxygens (including phenoxy) is 3. The summed E-state index contributed by atoms with van der Waals surface area (Å²) in [4.78, 5) is 4.11. The quantitative estimate of drug-likeness (QED) is 0.798. The molecule has 1 aliphatic rings. The van der Waals surface area contributed by atoms with Gasteiger partial charge >= 0.3 is 0 Å². The van der Waals surface area contributed by atoms with Gasteiger partial charge in [0.05, 0.1) is 13.7 Å². The molecule has 0 bridgehead atoms. The van der Waals surface area contributed by atoms with Crippen LogP contribution in [0.25, 0.3) is 0 Å². The Morgan fingerprint density at radius 1 is 1.24 bits per heavy atom. The van der Waals surface area contributed by atoms with Crippen molar-refractivity contribution in [1.29, 1.82) is 0 Å². The molecule has 1 aliphatic heterocycles. The maximum Gasteiger partial charge on any atom is 0.161 e. The van der Waals surface area contributed by atoms with Gasteiger partial charge in [0.1, 0.15) is 6.61 Å². The number of pyridine rings is 1. The maximum atomic E-state index is 5.94. The number of hydrogen-bond donors (Lipinski definition) is 1. The van der Waals surface area contributed by atoms with E-state index in [0.717, 1.165) is 43.4 Å². The first kappa shape index (κ1) is 17.7. The van der Waals surface area contributed by atoms with Crippen molar-refractivity contribution in [3.8, 4) is 11.5 Å². The van der Waals surface area contributed by atoms with Gasteiger partial charge in [0, 0.05) is 37.7 Å². The number of nitrogens with one attached hydrogen (secondary N) is 1. The van der Waals surface area contributed by atoms with Crippen molar-refractivity contribution in [1.82, 2.24) is 10.3 Å². The van der Waals surface area contributed by atoms with E-state index in [-0.39, 0.29) is 0 Å². The average molecular weight is 342 g/mol. The zero-order valence-electron chi connectivity index (χ0n) is 14.7. The van der Waals surface area contributed by atoms with E-state index in [1.807, 2.05) is 30.5 Å². The summed E-state index contributed by atoms with van der Waals surface area (Å²) in [6, 6.07) is 9.97. The minimum atomic E-state index is 0.473. The van der Waals surface area contributed by atoms with Crippen molar-refractivity contribution >= 4 is 0 Å². The highest BCUT2D eigenvalue weighted by molar-refractivity contribution is 5.43. The van der Waals surface area contributed by atoms with Crippen LogP contribution in [0.15, 0.2) is 42.7 Å². The van der Waals surface area contributed by atoms with Crippen LogP contribution in [-0.2, 0) is 17.9 Å². The van der Waals surface area contributed by atoms with Crippen molar-refractivity contribution in [3.63, 3.8) is 0 Å². The lowest BCUT2D eigenvalue weighted by Gasteiger charge is -2.22. The molecule has 2 aromatic rings. The molecule has 2 heterocycles. The SMILES string of the molecule is COc1ccc(CNCC2CCCOC2)cc1OCc1cccnc1. The number of nitrogens with zero attached hydrogens (tertiary/aromatic N) is 1. The van der Waals surface area contributed by atoms with Crippen LogP contribution >= 0.6 is 0 Å². The number of aromatic nitrogens is 1. The molecule has 134 valence electrons. The van der Waals surface area contributed by atoms with Crippen molar-refractivity contribution in [2.75, 3.05) is 26.9 Å². The van der Waals surface area contributed by atoms with E-state index in [9.17, 15) is 0 Å². The molecule has 1 saturated heterocycles. The van der Waals surface area contributed by atoms with Gasteiger partial charge in [-0.15, -0.1) is 0 Å². The molecular formula is C20H26N2O3. The summed E-state index contributed by atoms with van der Waals surface area (Å²) < 4.78 is 16.9. The third-order valence-corrected chi connectivity index (χ3v) is 4.36. The maximum absolute atomic E-state index is 5.94. The van der Waals surface area contributed by atoms with Crippen LogP contribution in [0.1, 0.15) is 24.0 Å². The molecule has 5 nitrogen and oxygen atoms in total. The predicted molar refractivity (Wildman–Crippen MR) is 96.8 cm³/mol. The molecule has 0 amide bonds. The molecule has 1 atom stereocenters. The minimum absolute atomic E-state index is 0.473. The van der Waals surface area contributed by atoms with Gasteiger partial charge in [-0.2, -0.15) is 0 Å². The summed E-state index contributed by atoms with van der Waals surface area (Å²) >= 11 is 0. The van der Waals surface area contributed by atoms with Gasteiger partial charge in [-0.05, 0) is 42.5 Å². The predicted octanol–water partition coefficient (Wildman–Crippen LogP) is 3.19. The zero-order chi connectivity index (χ0) is 17.3. The minimum Gasteiger partial charge on any atom is -0.493 e. The molecular weight excluding hydrogens is 316 g/mol. The van der Waals surface area contributed by atoms with Gasteiger partial charge in [-0.25, -0.2) is 0 Å². The first-order valence-electron chi connectivity index (χ1n) is 8.82. The largest absolute Gasteiger partial charge is 0.493 e. The van der Waals surface area contributed by atoms with Gasteiger partial charge < -0.3 is 19.5 Å². The topological polar surface area (TPSA) is 52.6 Å². The van der Waals surface area contributed by atoms with E-state index in [1.165, 1.54) is 18.4 Å². The molecule has 1 unspecified atom stereocenters. The summed E-state index contributed by atoms with van der Waals surface area (Å²) in [5.74, 6) is 2.12. The fourth-order valence-electron chi connectivity index (χ4n) is 2.98. The van der Waals surface area contributed by atoms with Crippen LogP contribution in [0.4, 0.5) is 0 Å². The Hall–Kier alpha value is -2.11. The molecule has 0 saturated carbocycles. The molecule has 1 N–H and O–H groups in total. The van der Waals surface area contributed by atoms with E-state index in [4.69, 9.17) is 14.2 Å². The molecule has 0 radical (unpaired) electrons. The molecule has 1 fully saturated rings. The van der Waals surface area contributed by atoms with Crippen LogP contribution in [0.2, 0.25) is 0 Å². The molecule has 25 heavy (non-hydrogen) atoms. The van der Waals surface area contributed by atoms with Crippen molar-refractivity contribution in [3.05, 3.63) is 53.9 Å². The van der Waals surface area contributed by atoms with Crippen LogP contribution in [0.5, 0.6) is 11.5 Å². The average Bonchev–Trinajstić information content (AvgIpc) is 2.68. The summed E-state index contributed by atoms with van der Waals surface area (Å²) in [6.45, 7) is 4.05. The normalized spacial score (nSPS) is 17.2. The fraction of sp³-hybridized carbons (Fsp3) is 0.450. The molecule has 1 aromatic carbocycles. The lowest BCUT2D eigenvalue weighted by Crippen LogP contribution is -2.28. The Balaban J connectivity index is 1.55. The van der Waals surface area contributed by atoms with Gasteiger partial charge in [0.25, 0.3) is 0 Å². The van der Waals surface area contributed by atoms with E-state index in [2.05, 4.69) is 16.4 Å². The van der Waals surface area contributed by atoms with Crippen LogP contribution in [-0.4, -0.2) is 31.9 Å². The second-order valence-electron chi connectivity index (χ2n) is 6.35. The molecule has 0 spiro atoms. The molecule has 1 aromatic heterocycles. The second-order valence-corrected chi connectivity index (χ2v) is 6.35. The Morgan fingerprint density at radius 2 is 2.20 bits per heavy atom. The van der Waals surface area contributed by atoms with Crippen molar-refractivity contribution in [2.24, 2.45) is 5.92 Å². The van der Waals surface area contributed by atoms with Crippen LogP contribution < -0.4 is 14.8 Å². The summed E-state index contributed by atoms with van der Waals surface area (Å²) in [6.07, 6.45) is 5.98. The summed E-state index contributed by atoms with van der Waals surface area (Å²) in [5.41, 5.74) is 2.21. The third kappa shape index (κ3) is 5.44. The number of benzene rings is 1. The van der Waals surface area contributed by atoms with Gasteiger partial charge in [0.2, 0.25) is 0 Å². The van der Waals surface area contributed by atoms with Crippen LogP contribution in [0.3, 0.4) is 0 Å². The molecule has 5 heteroatoms. The number of rotatable bonds is 8. The molecule has 0 aliphatic carbocycles. The fourth-order valence-corrected chi connectivity index (χ4v) is 2.98. The summed E-state index contributed by atoms with van der Waals surface area (Å²) in [7, 11) is 1.66. The Kier molecular flexibility index (Phi) is 6.65. The first-order valence-corrected chi connectivity index (χ1v) is 8.82. The lowest BCUT2D eigenvalue weighted by molar-refractivity contribution is 0.0547. The first-order chi connectivity index (χ1) is 12.3. The van der Waals surface area contributed by atoms with Gasteiger partial charge in [-0.3, -0.25) is 4.98 Å². The van der Waals surface area contributed by atoms with E-state index < -0.39 is 0 Å². The third-order valence-electron chi connectivity index (χ3n) is 4.36. The Bertz CT molecular complexity index is 643. The van der Waals surface area contributed by atoms with E-state index in [1.54, 1.807) is 13.3 Å². The summed E-state index contributed by atoms with van der Waals surface area (Å²) in [5, 5.41) is 3.52. The van der Waals surface area contributed by atoms with Gasteiger partial charge in [-0.1, -0.05) is 12.1 Å². The van der Waals surface area contributed by atoms with E-state index in [0.29, 0.717) is 12.5 Å². The van der Waals surface area contributed by atoms with Crippen molar-refractivity contribution in [2.45, 2.75) is 26.0 Å². The van der Waals surface area contributed by atoms with E-state index >= 15 is 0 Å². The lowest BCUT2D eigenvalue weighted by atomic mass is 10.0. The highest BCUT2D eigenvalue weighted by Gasteiger charge is 2.13. The molecule has 3 rings (SSSR count). The van der Waals surface area contributed by atoms with Crippen molar-refractivity contribution < 1.29 is 14.2 Å². The number of methoxy groups -OCH3 is 1. The Morgan fingerprint density at radius 3 is 2.96 bits per heavy atom. The smallest absolute Gasteiger partial charge is 0.161 e. The Labute approximate surface area is 149 Å². The highest BCUT2D eigenvalue weighted by Crippen LogP contribution is 2.29. The van der Waals surface area contributed by atoms with Gasteiger partial charge in [0.15, 0.2) is 11.5 Å².